The summed E-state index contributed by atoms with van der Waals surface area (Å²) in [6.07, 6.45) is -0.732. The summed E-state index contributed by atoms with van der Waals surface area (Å²) in [5, 5.41) is 2.43. The molecule has 2 rings (SSSR count). The normalized spacial score (nSPS) is 11.4. The van der Waals surface area contributed by atoms with Gasteiger partial charge in [0.25, 0.3) is 0 Å². The fourth-order valence-electron chi connectivity index (χ4n) is 1.94. The van der Waals surface area contributed by atoms with Crippen molar-refractivity contribution in [3.63, 3.8) is 0 Å². The van der Waals surface area contributed by atoms with Gasteiger partial charge in [0.15, 0.2) is 0 Å². The van der Waals surface area contributed by atoms with Crippen LogP contribution in [0.3, 0.4) is 0 Å². The fourth-order valence-corrected chi connectivity index (χ4v) is 2.21. The van der Waals surface area contributed by atoms with Gasteiger partial charge in [-0.3, -0.25) is 10.1 Å². The van der Waals surface area contributed by atoms with Crippen molar-refractivity contribution in [2.24, 2.45) is 5.73 Å². The number of hydrogen-bond acceptors (Lipinski definition) is 4. The van der Waals surface area contributed by atoms with Crippen molar-refractivity contribution in [1.29, 1.82) is 0 Å². The second-order valence-electron chi connectivity index (χ2n) is 5.08. The van der Waals surface area contributed by atoms with E-state index in [0.29, 0.717) is 5.56 Å². The molecule has 0 aliphatic carbocycles. The monoisotopic (exact) mass is 388 g/mol. The zero-order valence-corrected chi connectivity index (χ0v) is 14.7. The third-order valence-electron chi connectivity index (χ3n) is 3.17. The fraction of sp³-hybridized carbons (Fsp3) is 0.111. The first kappa shape index (κ1) is 17.7. The number of carbonyl (C=O) groups excluding carboxylic acids is 2. The van der Waals surface area contributed by atoms with Crippen LogP contribution < -0.4 is 11.1 Å². The third-order valence-corrected chi connectivity index (χ3v) is 3.70. The molecule has 0 saturated heterocycles. The molecule has 1 amide bonds. The number of nitrogens with one attached hydrogen (secondary N) is 1. The molecular weight excluding hydrogens is 372 g/mol. The Labute approximate surface area is 148 Å². The number of benzene rings is 2. The molecule has 5 nitrogen and oxygen atoms in total. The minimum absolute atomic E-state index is 0.00961. The average Bonchev–Trinajstić information content (AvgIpc) is 2.58. The van der Waals surface area contributed by atoms with Crippen molar-refractivity contribution >= 4 is 27.8 Å². The number of ketones is 1. The minimum Gasteiger partial charge on any atom is -0.444 e. The van der Waals surface area contributed by atoms with Crippen LogP contribution in [0.15, 0.2) is 70.5 Å². The smallest absolute Gasteiger partial charge is 0.412 e. The molecule has 2 aromatic carbocycles. The quantitative estimate of drug-likeness (QED) is 0.603. The van der Waals surface area contributed by atoms with Gasteiger partial charge in [-0.15, -0.1) is 0 Å². The van der Waals surface area contributed by atoms with Gasteiger partial charge in [-0.2, -0.15) is 0 Å². The lowest BCUT2D eigenvalue weighted by Gasteiger charge is -2.11. The van der Waals surface area contributed by atoms with E-state index in [9.17, 15) is 9.59 Å². The highest BCUT2D eigenvalue weighted by atomic mass is 79.9. The van der Waals surface area contributed by atoms with Crippen LogP contribution in [0.2, 0.25) is 0 Å². The van der Waals surface area contributed by atoms with Crippen molar-refractivity contribution in [3.05, 3.63) is 81.6 Å². The molecule has 3 N–H and O–H groups in total. The first-order chi connectivity index (χ1) is 11.5. The Hall–Kier alpha value is -2.60. The Morgan fingerprint density at radius 3 is 2.29 bits per heavy atom. The number of hydrogen-bond donors (Lipinski definition) is 2. The van der Waals surface area contributed by atoms with Crippen LogP contribution in [0.25, 0.3) is 0 Å². The SMILES string of the molecule is CC(N)=C(NC(=O)OCc1ccccc1)C(=O)c1ccc(Br)cc1. The van der Waals surface area contributed by atoms with E-state index in [1.54, 1.807) is 31.2 Å². The van der Waals surface area contributed by atoms with Gasteiger partial charge >= 0.3 is 6.09 Å². The van der Waals surface area contributed by atoms with Gasteiger partial charge in [0.1, 0.15) is 12.3 Å². The molecule has 0 radical (unpaired) electrons. The second kappa shape index (κ2) is 8.31. The van der Waals surface area contributed by atoms with E-state index in [2.05, 4.69) is 21.2 Å². The number of alkyl carbamates (subject to hydrolysis) is 1. The Balaban J connectivity index is 2.03. The number of nitrogens with two attached hydrogens (primary N) is 1. The Morgan fingerprint density at radius 2 is 1.71 bits per heavy atom. The summed E-state index contributed by atoms with van der Waals surface area (Å²) in [4.78, 5) is 24.4. The molecular formula is C18H17BrN2O3. The van der Waals surface area contributed by atoms with Gasteiger partial charge in [-0.25, -0.2) is 4.79 Å². The zero-order valence-electron chi connectivity index (χ0n) is 13.1. The average molecular weight is 389 g/mol. The highest BCUT2D eigenvalue weighted by molar-refractivity contribution is 9.10. The van der Waals surface area contributed by atoms with Crippen molar-refractivity contribution in [1.82, 2.24) is 5.32 Å². The molecule has 24 heavy (non-hydrogen) atoms. The molecule has 0 heterocycles. The molecule has 0 unspecified atom stereocenters. The van der Waals surface area contributed by atoms with Crippen LogP contribution >= 0.6 is 15.9 Å². The van der Waals surface area contributed by atoms with Crippen LogP contribution in [0.5, 0.6) is 0 Å². The van der Waals surface area contributed by atoms with Crippen molar-refractivity contribution < 1.29 is 14.3 Å². The molecule has 2 aromatic rings. The zero-order chi connectivity index (χ0) is 17.5. The number of amides is 1. The van der Waals surface area contributed by atoms with Crippen molar-refractivity contribution in [2.45, 2.75) is 13.5 Å². The Morgan fingerprint density at radius 1 is 1.08 bits per heavy atom. The lowest BCUT2D eigenvalue weighted by atomic mass is 10.1. The lowest BCUT2D eigenvalue weighted by Crippen LogP contribution is -2.30. The van der Waals surface area contributed by atoms with Gasteiger partial charge < -0.3 is 10.5 Å². The van der Waals surface area contributed by atoms with E-state index in [-0.39, 0.29) is 23.8 Å². The molecule has 6 heteroatoms. The van der Waals surface area contributed by atoms with Gasteiger partial charge in [-0.1, -0.05) is 46.3 Å². The topological polar surface area (TPSA) is 81.4 Å². The van der Waals surface area contributed by atoms with Crippen LogP contribution in [0.1, 0.15) is 22.8 Å². The number of rotatable bonds is 5. The number of halogens is 1. The standard InChI is InChI=1S/C18H17BrN2O3/c1-12(20)16(17(22)14-7-9-15(19)10-8-14)21-18(23)24-11-13-5-3-2-4-6-13/h2-10H,11,20H2,1H3,(H,21,23). The van der Waals surface area contributed by atoms with Crippen molar-refractivity contribution in [3.8, 4) is 0 Å². The highest BCUT2D eigenvalue weighted by Gasteiger charge is 2.18. The largest absolute Gasteiger partial charge is 0.444 e. The molecule has 124 valence electrons. The maximum Gasteiger partial charge on any atom is 0.412 e. The summed E-state index contributed by atoms with van der Waals surface area (Å²) >= 11 is 3.31. The number of allylic oxidation sites excluding steroid dienone is 2. The maximum atomic E-state index is 12.5. The Kier molecular flexibility index (Phi) is 6.14. The van der Waals surface area contributed by atoms with E-state index >= 15 is 0 Å². The van der Waals surface area contributed by atoms with Gasteiger partial charge in [0.05, 0.1) is 0 Å². The number of Topliss-reactive ketones (excluding diaryl/α,β-unsaturated/α-hetero) is 1. The van der Waals surface area contributed by atoms with Gasteiger partial charge in [-0.05, 0) is 36.8 Å². The lowest BCUT2D eigenvalue weighted by molar-refractivity contribution is 0.101. The highest BCUT2D eigenvalue weighted by Crippen LogP contribution is 2.14. The van der Waals surface area contributed by atoms with Gasteiger partial charge in [0.2, 0.25) is 5.78 Å². The molecule has 0 aliphatic rings. The molecule has 0 bridgehead atoms. The molecule has 0 saturated carbocycles. The first-order valence-corrected chi connectivity index (χ1v) is 8.01. The summed E-state index contributed by atoms with van der Waals surface area (Å²) in [5.74, 6) is -0.376. The third kappa shape index (κ3) is 4.96. The van der Waals surface area contributed by atoms with E-state index in [1.807, 2.05) is 30.3 Å². The number of carbonyl (C=O) groups is 2. The molecule has 0 fully saturated rings. The van der Waals surface area contributed by atoms with Crippen LogP contribution in [0.4, 0.5) is 4.79 Å². The maximum absolute atomic E-state index is 12.5. The van der Waals surface area contributed by atoms with Crippen LogP contribution in [-0.4, -0.2) is 11.9 Å². The summed E-state index contributed by atoms with van der Waals surface area (Å²) in [6, 6.07) is 16.0. The summed E-state index contributed by atoms with van der Waals surface area (Å²) < 4.78 is 5.97. The molecule has 0 spiro atoms. The van der Waals surface area contributed by atoms with Crippen molar-refractivity contribution in [2.75, 3.05) is 0 Å². The first-order valence-electron chi connectivity index (χ1n) is 7.21. The second-order valence-corrected chi connectivity index (χ2v) is 6.00. The number of ether oxygens (including phenoxy) is 1. The molecule has 0 aliphatic heterocycles. The molecule has 0 atom stereocenters. The minimum atomic E-state index is -0.732. The van der Waals surface area contributed by atoms with Crippen LogP contribution in [0, 0.1) is 0 Å². The van der Waals surface area contributed by atoms with Gasteiger partial charge in [0, 0.05) is 15.7 Å². The van der Waals surface area contributed by atoms with E-state index in [4.69, 9.17) is 10.5 Å². The predicted molar refractivity (Wildman–Crippen MR) is 95.1 cm³/mol. The Bertz CT molecular complexity index is 752. The van der Waals surface area contributed by atoms with E-state index in [0.717, 1.165) is 10.0 Å². The van der Waals surface area contributed by atoms with E-state index in [1.165, 1.54) is 0 Å². The predicted octanol–water partition coefficient (Wildman–Crippen LogP) is 3.75. The van der Waals surface area contributed by atoms with E-state index < -0.39 is 6.09 Å². The summed E-state index contributed by atoms with van der Waals surface area (Å²) in [6.45, 7) is 1.65. The summed E-state index contributed by atoms with van der Waals surface area (Å²) in [5.41, 5.74) is 7.22. The summed E-state index contributed by atoms with van der Waals surface area (Å²) in [7, 11) is 0. The van der Waals surface area contributed by atoms with Crippen LogP contribution in [-0.2, 0) is 11.3 Å². The molecule has 0 aromatic heterocycles.